The smallest absolute Gasteiger partial charge is 0.319 e. The Kier molecular flexibility index (Phi) is 9.04. The summed E-state index contributed by atoms with van der Waals surface area (Å²) in [5, 5.41) is 11.6. The Hall–Kier alpha value is -4.25. The van der Waals surface area contributed by atoms with Crippen LogP contribution in [0.3, 0.4) is 0 Å². The first-order chi connectivity index (χ1) is 18.4. The molecule has 3 amide bonds. The highest BCUT2D eigenvalue weighted by Crippen LogP contribution is 2.24. The van der Waals surface area contributed by atoms with E-state index in [1.807, 2.05) is 24.0 Å². The summed E-state index contributed by atoms with van der Waals surface area (Å²) in [6.45, 7) is 5.07. The molecule has 10 nitrogen and oxygen atoms in total. The number of carbonyl (C=O) groups is 2. The molecule has 1 saturated heterocycles. The maximum Gasteiger partial charge on any atom is 0.319 e. The average molecular weight is 521 g/mol. The Balaban J connectivity index is 1.33. The second-order valence-corrected chi connectivity index (χ2v) is 9.04. The van der Waals surface area contributed by atoms with Crippen LogP contribution in [0.1, 0.15) is 29.3 Å². The summed E-state index contributed by atoms with van der Waals surface area (Å²) in [5.74, 6) is 0.692. The van der Waals surface area contributed by atoms with Crippen LogP contribution in [-0.2, 0) is 6.54 Å². The number of rotatable bonds is 10. The van der Waals surface area contributed by atoms with Crippen LogP contribution in [0.5, 0.6) is 0 Å². The molecule has 1 fully saturated rings. The minimum absolute atomic E-state index is 0.226. The zero-order chi connectivity index (χ0) is 26.9. The number of nitrogens with two attached hydrogens (primary N) is 1. The van der Waals surface area contributed by atoms with Crippen molar-refractivity contribution in [2.45, 2.75) is 26.1 Å². The Morgan fingerprint density at radius 1 is 1.11 bits per heavy atom. The van der Waals surface area contributed by atoms with Gasteiger partial charge in [0.05, 0.1) is 11.3 Å². The average Bonchev–Trinajstić information content (AvgIpc) is 3.33. The highest BCUT2D eigenvalue weighted by atomic mass is 19.1. The Morgan fingerprint density at radius 3 is 2.61 bits per heavy atom. The van der Waals surface area contributed by atoms with Crippen molar-refractivity contribution in [1.29, 1.82) is 0 Å². The number of likely N-dealkylation sites (tertiary alicyclic amines) is 1. The fourth-order valence-electron chi connectivity index (χ4n) is 4.14. The van der Waals surface area contributed by atoms with Crippen LogP contribution in [0.4, 0.5) is 26.5 Å². The zero-order valence-electron chi connectivity index (χ0n) is 21.3. The van der Waals surface area contributed by atoms with E-state index < -0.39 is 6.17 Å². The van der Waals surface area contributed by atoms with Gasteiger partial charge in [0.1, 0.15) is 17.8 Å². The van der Waals surface area contributed by atoms with Crippen molar-refractivity contribution in [2.24, 2.45) is 0 Å². The third-order valence-corrected chi connectivity index (χ3v) is 6.15. The number of amides is 3. The lowest BCUT2D eigenvalue weighted by atomic mass is 10.1. The van der Waals surface area contributed by atoms with Crippen molar-refractivity contribution in [3.05, 3.63) is 65.9 Å². The number of urea groups is 1. The first kappa shape index (κ1) is 26.8. The molecule has 1 aliphatic heterocycles. The van der Waals surface area contributed by atoms with Gasteiger partial charge in [-0.3, -0.25) is 9.69 Å². The number of halogens is 1. The van der Waals surface area contributed by atoms with Crippen molar-refractivity contribution in [1.82, 2.24) is 25.5 Å². The topological polar surface area (TPSA) is 137 Å². The molecule has 3 aromatic rings. The van der Waals surface area contributed by atoms with Crippen molar-refractivity contribution >= 4 is 29.3 Å². The molecule has 3 heterocycles. The Labute approximate surface area is 221 Å². The van der Waals surface area contributed by atoms with Crippen LogP contribution in [-0.4, -0.2) is 65.7 Å². The van der Waals surface area contributed by atoms with E-state index in [0.717, 1.165) is 17.7 Å². The van der Waals surface area contributed by atoms with Crippen LogP contribution in [0.15, 0.2) is 54.7 Å². The molecule has 0 spiro atoms. The molecule has 1 unspecified atom stereocenters. The number of pyridine rings is 2. The maximum atomic E-state index is 13.3. The molecule has 2 aromatic heterocycles. The lowest BCUT2D eigenvalue weighted by molar-refractivity contribution is 0.0950. The van der Waals surface area contributed by atoms with E-state index in [4.69, 9.17) is 5.73 Å². The van der Waals surface area contributed by atoms with E-state index in [-0.39, 0.29) is 11.9 Å². The van der Waals surface area contributed by atoms with E-state index in [9.17, 15) is 14.0 Å². The third-order valence-electron chi connectivity index (χ3n) is 6.15. The van der Waals surface area contributed by atoms with E-state index >= 15 is 0 Å². The quantitative estimate of drug-likeness (QED) is 0.277. The van der Waals surface area contributed by atoms with Crippen molar-refractivity contribution in [2.75, 3.05) is 49.1 Å². The second-order valence-electron chi connectivity index (χ2n) is 9.04. The number of nitrogens with one attached hydrogen (secondary N) is 4. The standard InChI is InChI=1S/C27H33FN8O2/c1-2-30-25-22(26(37)31-12-14-36-13-11-20(28)17-36)8-9-23(35-25)19-4-6-21(7-5-19)34-27(38)33-16-18-3-10-24(29)32-15-18/h3-10,15,20H,2,11-14,16-17H2,1H3,(H2,29,32)(H,30,35)(H,31,37)(H2,33,34,38). The lowest BCUT2D eigenvalue weighted by Gasteiger charge is -2.16. The van der Waals surface area contributed by atoms with Gasteiger partial charge in [0.15, 0.2) is 0 Å². The molecule has 6 N–H and O–H groups in total. The summed E-state index contributed by atoms with van der Waals surface area (Å²) < 4.78 is 13.3. The molecule has 0 saturated carbocycles. The van der Waals surface area contributed by atoms with E-state index in [0.29, 0.717) is 67.7 Å². The zero-order valence-corrected chi connectivity index (χ0v) is 21.3. The summed E-state index contributed by atoms with van der Waals surface area (Å²) in [6, 6.07) is 14.0. The van der Waals surface area contributed by atoms with Crippen LogP contribution in [0.25, 0.3) is 11.3 Å². The van der Waals surface area contributed by atoms with E-state index in [1.165, 1.54) is 0 Å². The van der Waals surface area contributed by atoms with Gasteiger partial charge in [0.25, 0.3) is 5.91 Å². The molecule has 1 aliphatic rings. The molecular formula is C27H33FN8O2. The van der Waals surface area contributed by atoms with Crippen molar-refractivity contribution < 1.29 is 14.0 Å². The summed E-state index contributed by atoms with van der Waals surface area (Å²) in [7, 11) is 0. The molecule has 11 heteroatoms. The highest BCUT2D eigenvalue weighted by Gasteiger charge is 2.21. The first-order valence-corrected chi connectivity index (χ1v) is 12.7. The predicted molar refractivity (Wildman–Crippen MR) is 147 cm³/mol. The minimum Gasteiger partial charge on any atom is -0.384 e. The minimum atomic E-state index is -0.775. The molecular weight excluding hydrogens is 487 g/mol. The van der Waals surface area contributed by atoms with Crippen LogP contribution >= 0.6 is 0 Å². The number of aromatic nitrogens is 2. The molecule has 38 heavy (non-hydrogen) atoms. The monoisotopic (exact) mass is 520 g/mol. The van der Waals surface area contributed by atoms with Gasteiger partial charge >= 0.3 is 6.03 Å². The van der Waals surface area contributed by atoms with Gasteiger partial charge in [-0.25, -0.2) is 19.2 Å². The number of alkyl halides is 1. The Morgan fingerprint density at radius 2 is 1.92 bits per heavy atom. The molecule has 0 bridgehead atoms. The van der Waals surface area contributed by atoms with Gasteiger partial charge in [-0.15, -0.1) is 0 Å². The van der Waals surface area contributed by atoms with Gasteiger partial charge in [0, 0.05) is 56.7 Å². The number of carbonyl (C=O) groups excluding carboxylic acids is 2. The fourth-order valence-corrected chi connectivity index (χ4v) is 4.14. The fraction of sp³-hybridized carbons (Fsp3) is 0.333. The molecule has 1 aromatic carbocycles. The van der Waals surface area contributed by atoms with Gasteiger partial charge in [-0.1, -0.05) is 18.2 Å². The van der Waals surface area contributed by atoms with Crippen molar-refractivity contribution in [3.8, 4) is 11.3 Å². The largest absolute Gasteiger partial charge is 0.384 e. The van der Waals surface area contributed by atoms with Crippen LogP contribution in [0, 0.1) is 0 Å². The molecule has 4 rings (SSSR count). The van der Waals surface area contributed by atoms with Gasteiger partial charge < -0.3 is 27.0 Å². The van der Waals surface area contributed by atoms with Gasteiger partial charge in [0.2, 0.25) is 0 Å². The summed E-state index contributed by atoms with van der Waals surface area (Å²) in [4.78, 5) is 35.7. The van der Waals surface area contributed by atoms with E-state index in [2.05, 4.69) is 31.2 Å². The predicted octanol–water partition coefficient (Wildman–Crippen LogP) is 3.25. The maximum absolute atomic E-state index is 13.3. The molecule has 0 aliphatic carbocycles. The number of nitrogens with zero attached hydrogens (tertiary/aromatic N) is 3. The summed E-state index contributed by atoms with van der Waals surface area (Å²) in [6.07, 6.45) is 1.39. The SMILES string of the molecule is CCNc1nc(-c2ccc(NC(=O)NCc3ccc(N)nc3)cc2)ccc1C(=O)NCCN1CCC(F)C1. The molecule has 1 atom stereocenters. The number of hydrogen-bond donors (Lipinski definition) is 5. The number of benzene rings is 1. The summed E-state index contributed by atoms with van der Waals surface area (Å²) in [5.41, 5.74) is 9.02. The number of hydrogen-bond acceptors (Lipinski definition) is 7. The van der Waals surface area contributed by atoms with Gasteiger partial charge in [-0.2, -0.15) is 0 Å². The van der Waals surface area contributed by atoms with Crippen LogP contribution < -0.4 is 27.0 Å². The van der Waals surface area contributed by atoms with Crippen LogP contribution in [0.2, 0.25) is 0 Å². The lowest BCUT2D eigenvalue weighted by Crippen LogP contribution is -2.34. The van der Waals surface area contributed by atoms with Crippen molar-refractivity contribution in [3.63, 3.8) is 0 Å². The normalized spacial score (nSPS) is 15.2. The first-order valence-electron chi connectivity index (χ1n) is 12.7. The third kappa shape index (κ3) is 7.39. The molecule has 200 valence electrons. The van der Waals surface area contributed by atoms with E-state index in [1.54, 1.807) is 42.6 Å². The summed E-state index contributed by atoms with van der Waals surface area (Å²) >= 11 is 0. The number of anilines is 3. The highest BCUT2D eigenvalue weighted by molar-refractivity contribution is 5.99. The second kappa shape index (κ2) is 12.8. The van der Waals surface area contributed by atoms with Gasteiger partial charge in [-0.05, 0) is 49.2 Å². The Bertz CT molecular complexity index is 1240. The molecule has 0 radical (unpaired) electrons. The number of nitrogen functional groups attached to an aromatic ring is 1.